The van der Waals surface area contributed by atoms with Crippen LogP contribution < -0.4 is 4.74 Å². The minimum absolute atomic E-state index is 0.120. The summed E-state index contributed by atoms with van der Waals surface area (Å²) in [5.74, 6) is 0.221. The Morgan fingerprint density at radius 3 is 2.58 bits per heavy atom. The van der Waals surface area contributed by atoms with Crippen molar-refractivity contribution >= 4 is 5.97 Å². The Morgan fingerprint density at radius 1 is 1.37 bits per heavy atom. The Balaban J connectivity index is 2.82. The SMILES string of the molecule is COC(=O)/C=C/[C@H](O)[C@@H](C)c1ccc(OC)c(C)c1. The highest BCUT2D eigenvalue weighted by atomic mass is 16.5. The highest BCUT2D eigenvalue weighted by Gasteiger charge is 2.15. The Hall–Kier alpha value is -1.81. The van der Waals surface area contributed by atoms with Gasteiger partial charge < -0.3 is 14.6 Å². The fourth-order valence-electron chi connectivity index (χ4n) is 1.79. The van der Waals surface area contributed by atoms with E-state index < -0.39 is 12.1 Å². The third-order valence-electron chi connectivity index (χ3n) is 3.09. The number of benzene rings is 1. The number of carbonyl (C=O) groups is 1. The average Bonchev–Trinajstić information content (AvgIpc) is 2.43. The van der Waals surface area contributed by atoms with Gasteiger partial charge in [0.15, 0.2) is 0 Å². The van der Waals surface area contributed by atoms with Crippen LogP contribution in [0.15, 0.2) is 30.4 Å². The summed E-state index contributed by atoms with van der Waals surface area (Å²) < 4.78 is 9.68. The van der Waals surface area contributed by atoms with Crippen molar-refractivity contribution in [3.63, 3.8) is 0 Å². The molecule has 0 heterocycles. The van der Waals surface area contributed by atoms with Crippen LogP contribution in [0.1, 0.15) is 24.0 Å². The zero-order chi connectivity index (χ0) is 14.4. The molecule has 0 amide bonds. The van der Waals surface area contributed by atoms with Gasteiger partial charge in [0.05, 0.1) is 20.3 Å². The first kappa shape index (κ1) is 15.2. The smallest absolute Gasteiger partial charge is 0.330 e. The van der Waals surface area contributed by atoms with Gasteiger partial charge in [-0.25, -0.2) is 4.79 Å². The van der Waals surface area contributed by atoms with Crippen LogP contribution in [-0.2, 0) is 9.53 Å². The molecule has 0 saturated heterocycles. The van der Waals surface area contributed by atoms with Gasteiger partial charge in [-0.3, -0.25) is 0 Å². The van der Waals surface area contributed by atoms with Crippen molar-refractivity contribution in [2.24, 2.45) is 0 Å². The number of aryl methyl sites for hydroxylation is 1. The van der Waals surface area contributed by atoms with Gasteiger partial charge in [0.1, 0.15) is 5.75 Å². The van der Waals surface area contributed by atoms with Crippen LogP contribution in [0, 0.1) is 6.92 Å². The van der Waals surface area contributed by atoms with E-state index in [1.54, 1.807) is 7.11 Å². The Bertz CT molecular complexity index is 465. The lowest BCUT2D eigenvalue weighted by atomic mass is 9.93. The van der Waals surface area contributed by atoms with Crippen molar-refractivity contribution in [2.75, 3.05) is 14.2 Å². The Kier molecular flexibility index (Phi) is 5.57. The van der Waals surface area contributed by atoms with E-state index >= 15 is 0 Å². The van der Waals surface area contributed by atoms with Crippen molar-refractivity contribution in [1.29, 1.82) is 0 Å². The molecular weight excluding hydrogens is 244 g/mol. The number of rotatable bonds is 5. The maximum atomic E-state index is 11.0. The van der Waals surface area contributed by atoms with Crippen LogP contribution in [0.4, 0.5) is 0 Å². The lowest BCUT2D eigenvalue weighted by molar-refractivity contribution is -0.134. The summed E-state index contributed by atoms with van der Waals surface area (Å²) >= 11 is 0. The molecule has 4 heteroatoms. The van der Waals surface area contributed by atoms with Crippen LogP contribution in [0.25, 0.3) is 0 Å². The van der Waals surface area contributed by atoms with Gasteiger partial charge in [0, 0.05) is 12.0 Å². The number of hydrogen-bond donors (Lipinski definition) is 1. The highest BCUT2D eigenvalue weighted by Crippen LogP contribution is 2.25. The first-order valence-corrected chi connectivity index (χ1v) is 6.08. The molecule has 0 spiro atoms. The Labute approximate surface area is 113 Å². The third kappa shape index (κ3) is 4.10. The molecular formula is C15H20O4. The van der Waals surface area contributed by atoms with Gasteiger partial charge >= 0.3 is 5.97 Å². The first-order valence-electron chi connectivity index (χ1n) is 6.08. The molecule has 0 aliphatic rings. The van der Waals surface area contributed by atoms with Crippen LogP contribution in [0.5, 0.6) is 5.75 Å². The van der Waals surface area contributed by atoms with Crippen molar-refractivity contribution in [3.8, 4) is 5.75 Å². The van der Waals surface area contributed by atoms with E-state index in [1.165, 1.54) is 19.3 Å². The molecule has 0 fully saturated rings. The molecule has 104 valence electrons. The number of hydrogen-bond acceptors (Lipinski definition) is 4. The molecule has 0 aliphatic heterocycles. The van der Waals surface area contributed by atoms with E-state index in [0.29, 0.717) is 0 Å². The molecule has 4 nitrogen and oxygen atoms in total. The molecule has 0 aliphatic carbocycles. The second kappa shape index (κ2) is 6.95. The molecule has 19 heavy (non-hydrogen) atoms. The largest absolute Gasteiger partial charge is 0.496 e. The minimum Gasteiger partial charge on any atom is -0.496 e. The molecule has 1 aromatic rings. The molecule has 2 atom stereocenters. The second-order valence-corrected chi connectivity index (χ2v) is 4.39. The number of carbonyl (C=O) groups excluding carboxylic acids is 1. The van der Waals surface area contributed by atoms with Crippen molar-refractivity contribution in [3.05, 3.63) is 41.5 Å². The number of aliphatic hydroxyl groups excluding tert-OH is 1. The summed E-state index contributed by atoms with van der Waals surface area (Å²) in [4.78, 5) is 11.0. The quantitative estimate of drug-likeness (QED) is 0.654. The fourth-order valence-corrected chi connectivity index (χ4v) is 1.79. The number of methoxy groups -OCH3 is 2. The van der Waals surface area contributed by atoms with E-state index in [9.17, 15) is 9.90 Å². The van der Waals surface area contributed by atoms with Crippen molar-refractivity contribution in [1.82, 2.24) is 0 Å². The van der Waals surface area contributed by atoms with Gasteiger partial charge in [-0.2, -0.15) is 0 Å². The number of esters is 1. The van der Waals surface area contributed by atoms with Gasteiger partial charge in [0.2, 0.25) is 0 Å². The summed E-state index contributed by atoms with van der Waals surface area (Å²) in [6.45, 7) is 3.85. The second-order valence-electron chi connectivity index (χ2n) is 4.39. The van der Waals surface area contributed by atoms with E-state index in [2.05, 4.69) is 4.74 Å². The number of ether oxygens (including phenoxy) is 2. The monoisotopic (exact) mass is 264 g/mol. The molecule has 0 aromatic heterocycles. The standard InChI is InChI=1S/C15H20O4/c1-10-9-12(5-7-14(10)18-3)11(2)13(16)6-8-15(17)19-4/h5-9,11,13,16H,1-4H3/b8-6+/t11-,13-/m0/s1. The maximum absolute atomic E-state index is 11.0. The first-order chi connectivity index (χ1) is 8.99. The summed E-state index contributed by atoms with van der Waals surface area (Å²) in [6, 6.07) is 5.75. The average molecular weight is 264 g/mol. The molecule has 1 N–H and O–H groups in total. The van der Waals surface area contributed by atoms with Gasteiger partial charge in [-0.1, -0.05) is 19.1 Å². The summed E-state index contributed by atoms with van der Waals surface area (Å²) in [5.41, 5.74) is 2.00. The van der Waals surface area contributed by atoms with Crippen LogP contribution in [0.3, 0.4) is 0 Å². The molecule has 0 unspecified atom stereocenters. The highest BCUT2D eigenvalue weighted by molar-refractivity contribution is 5.81. The van der Waals surface area contributed by atoms with E-state index in [1.807, 2.05) is 32.0 Å². The topological polar surface area (TPSA) is 55.8 Å². The lowest BCUT2D eigenvalue weighted by Gasteiger charge is -2.17. The van der Waals surface area contributed by atoms with Crippen molar-refractivity contribution in [2.45, 2.75) is 25.9 Å². The molecule has 0 radical (unpaired) electrons. The number of aliphatic hydroxyl groups is 1. The minimum atomic E-state index is -0.744. The lowest BCUT2D eigenvalue weighted by Crippen LogP contribution is -2.14. The summed E-state index contributed by atoms with van der Waals surface area (Å²) in [5, 5.41) is 10.0. The molecule has 0 saturated carbocycles. The zero-order valence-electron chi connectivity index (χ0n) is 11.7. The normalized spacial score (nSPS) is 14.2. The maximum Gasteiger partial charge on any atom is 0.330 e. The summed E-state index contributed by atoms with van der Waals surface area (Å²) in [7, 11) is 2.93. The molecule has 0 bridgehead atoms. The predicted octanol–water partition coefficient (Wildman–Crippen LogP) is 2.20. The van der Waals surface area contributed by atoms with E-state index in [0.717, 1.165) is 16.9 Å². The Morgan fingerprint density at radius 2 is 2.05 bits per heavy atom. The van der Waals surface area contributed by atoms with Crippen LogP contribution in [-0.4, -0.2) is 31.4 Å². The van der Waals surface area contributed by atoms with Crippen molar-refractivity contribution < 1.29 is 19.4 Å². The van der Waals surface area contributed by atoms with Gasteiger partial charge in [-0.05, 0) is 30.2 Å². The van der Waals surface area contributed by atoms with E-state index in [4.69, 9.17) is 4.74 Å². The molecule has 1 rings (SSSR count). The third-order valence-corrected chi connectivity index (χ3v) is 3.09. The van der Waals surface area contributed by atoms with Crippen LogP contribution in [0.2, 0.25) is 0 Å². The zero-order valence-corrected chi connectivity index (χ0v) is 11.7. The van der Waals surface area contributed by atoms with Gasteiger partial charge in [-0.15, -0.1) is 0 Å². The summed E-state index contributed by atoms with van der Waals surface area (Å²) in [6.07, 6.45) is 1.93. The fraction of sp³-hybridized carbons (Fsp3) is 0.400. The van der Waals surface area contributed by atoms with Crippen LogP contribution >= 0.6 is 0 Å². The van der Waals surface area contributed by atoms with E-state index in [-0.39, 0.29) is 5.92 Å². The van der Waals surface area contributed by atoms with Gasteiger partial charge in [0.25, 0.3) is 0 Å². The molecule has 1 aromatic carbocycles. The predicted molar refractivity (Wildman–Crippen MR) is 73.3 cm³/mol.